The summed E-state index contributed by atoms with van der Waals surface area (Å²) in [5, 5.41) is 11.4. The van der Waals surface area contributed by atoms with Gasteiger partial charge in [0.25, 0.3) is 0 Å². The monoisotopic (exact) mass is 321 g/mol. The molecule has 0 aliphatic rings. The van der Waals surface area contributed by atoms with Crippen LogP contribution in [0.1, 0.15) is 10.4 Å². The summed E-state index contributed by atoms with van der Waals surface area (Å²) in [6.45, 7) is 0. The van der Waals surface area contributed by atoms with Gasteiger partial charge in [-0.05, 0) is 35.9 Å². The summed E-state index contributed by atoms with van der Waals surface area (Å²) in [7, 11) is 0. The second-order valence-corrected chi connectivity index (χ2v) is 5.98. The normalized spacial score (nSPS) is 10.7. The van der Waals surface area contributed by atoms with E-state index in [0.717, 1.165) is 4.88 Å². The van der Waals surface area contributed by atoms with Gasteiger partial charge in [-0.2, -0.15) is 0 Å². The van der Waals surface area contributed by atoms with E-state index in [1.165, 1.54) is 17.4 Å². The first-order valence-corrected chi connectivity index (χ1v) is 7.27. The largest absolute Gasteiger partial charge is 0.481 e. The van der Waals surface area contributed by atoms with E-state index < -0.39 is 5.97 Å². The standard InChI is InChI=1S/C15H12ClNO3S/c16-13-7-5-12(21-13)6-8-14(18)17-11-3-1-10(2-4-11)9-15(19)20/h1-8H,9H2,(H,17,18)(H,19,20)/b8-6+. The van der Waals surface area contributed by atoms with Crippen molar-refractivity contribution in [1.82, 2.24) is 0 Å². The van der Waals surface area contributed by atoms with Gasteiger partial charge in [-0.3, -0.25) is 9.59 Å². The number of carbonyl (C=O) groups is 2. The summed E-state index contributed by atoms with van der Waals surface area (Å²) in [6, 6.07) is 10.3. The molecule has 0 unspecified atom stereocenters. The average Bonchev–Trinajstić information content (AvgIpc) is 2.84. The zero-order valence-corrected chi connectivity index (χ0v) is 12.4. The fraction of sp³-hybridized carbons (Fsp3) is 0.0667. The predicted octanol–water partition coefficient (Wildman–Crippen LogP) is 3.68. The van der Waals surface area contributed by atoms with Crippen LogP contribution in [0, 0.1) is 0 Å². The number of rotatable bonds is 5. The number of hydrogen-bond donors (Lipinski definition) is 2. The number of aliphatic carboxylic acids is 1. The molecular formula is C15H12ClNO3S. The molecule has 2 rings (SSSR count). The minimum absolute atomic E-state index is 0.0345. The fourth-order valence-corrected chi connectivity index (χ4v) is 2.60. The molecule has 0 radical (unpaired) electrons. The van der Waals surface area contributed by atoms with Crippen molar-refractivity contribution in [3.63, 3.8) is 0 Å². The predicted molar refractivity (Wildman–Crippen MR) is 84.8 cm³/mol. The van der Waals surface area contributed by atoms with E-state index >= 15 is 0 Å². The van der Waals surface area contributed by atoms with Crippen LogP contribution in [-0.4, -0.2) is 17.0 Å². The molecule has 6 heteroatoms. The zero-order chi connectivity index (χ0) is 15.2. The van der Waals surface area contributed by atoms with E-state index in [0.29, 0.717) is 15.6 Å². The highest BCUT2D eigenvalue weighted by molar-refractivity contribution is 7.17. The number of benzene rings is 1. The van der Waals surface area contributed by atoms with Crippen molar-refractivity contribution in [3.8, 4) is 0 Å². The molecule has 0 atom stereocenters. The van der Waals surface area contributed by atoms with E-state index in [1.54, 1.807) is 36.4 Å². The summed E-state index contributed by atoms with van der Waals surface area (Å²) >= 11 is 7.19. The van der Waals surface area contributed by atoms with Crippen molar-refractivity contribution in [2.24, 2.45) is 0 Å². The lowest BCUT2D eigenvalue weighted by molar-refractivity contribution is -0.136. The maximum absolute atomic E-state index is 11.7. The van der Waals surface area contributed by atoms with E-state index in [1.807, 2.05) is 6.07 Å². The summed E-state index contributed by atoms with van der Waals surface area (Å²) in [6.07, 6.45) is 3.07. The van der Waals surface area contributed by atoms with Gasteiger partial charge in [0.2, 0.25) is 5.91 Å². The lowest BCUT2D eigenvalue weighted by Crippen LogP contribution is -2.07. The maximum Gasteiger partial charge on any atom is 0.307 e. The van der Waals surface area contributed by atoms with Crippen molar-refractivity contribution in [2.75, 3.05) is 5.32 Å². The van der Waals surface area contributed by atoms with Crippen LogP contribution in [-0.2, 0) is 16.0 Å². The van der Waals surface area contributed by atoms with Crippen LogP contribution in [0.3, 0.4) is 0 Å². The smallest absolute Gasteiger partial charge is 0.307 e. The Kier molecular flexibility index (Phi) is 5.14. The number of carboxylic acids is 1. The first-order valence-electron chi connectivity index (χ1n) is 6.08. The second kappa shape index (κ2) is 7.06. The molecule has 1 amide bonds. The SMILES string of the molecule is O=C(O)Cc1ccc(NC(=O)/C=C/c2ccc(Cl)s2)cc1. The van der Waals surface area contributed by atoms with Crippen LogP contribution in [0.4, 0.5) is 5.69 Å². The molecule has 2 N–H and O–H groups in total. The Morgan fingerprint density at radius 3 is 2.48 bits per heavy atom. The maximum atomic E-state index is 11.7. The van der Waals surface area contributed by atoms with Gasteiger partial charge in [0.15, 0.2) is 0 Å². The Morgan fingerprint density at radius 2 is 1.90 bits per heavy atom. The number of carbonyl (C=O) groups excluding carboxylic acids is 1. The van der Waals surface area contributed by atoms with Gasteiger partial charge in [0, 0.05) is 16.6 Å². The fourth-order valence-electron chi connectivity index (χ4n) is 1.64. The van der Waals surface area contributed by atoms with Crippen molar-refractivity contribution < 1.29 is 14.7 Å². The van der Waals surface area contributed by atoms with Crippen molar-refractivity contribution in [3.05, 3.63) is 57.3 Å². The van der Waals surface area contributed by atoms with Crippen molar-refractivity contribution in [2.45, 2.75) is 6.42 Å². The Bertz CT molecular complexity index is 676. The van der Waals surface area contributed by atoms with E-state index in [2.05, 4.69) is 5.32 Å². The van der Waals surface area contributed by atoms with Crippen molar-refractivity contribution in [1.29, 1.82) is 0 Å². The highest BCUT2D eigenvalue weighted by Crippen LogP contribution is 2.22. The lowest BCUT2D eigenvalue weighted by atomic mass is 10.1. The second-order valence-electron chi connectivity index (χ2n) is 4.23. The van der Waals surface area contributed by atoms with Gasteiger partial charge in [-0.25, -0.2) is 0 Å². The third-order valence-corrected chi connectivity index (χ3v) is 3.77. The molecule has 4 nitrogen and oxygen atoms in total. The minimum Gasteiger partial charge on any atom is -0.481 e. The Morgan fingerprint density at radius 1 is 1.19 bits per heavy atom. The van der Waals surface area contributed by atoms with E-state index in [-0.39, 0.29) is 12.3 Å². The van der Waals surface area contributed by atoms with Crippen LogP contribution >= 0.6 is 22.9 Å². The van der Waals surface area contributed by atoms with E-state index in [4.69, 9.17) is 16.7 Å². The molecule has 0 aliphatic heterocycles. The number of amides is 1. The molecule has 2 aromatic rings. The molecule has 1 aromatic carbocycles. The van der Waals surface area contributed by atoms with Gasteiger partial charge >= 0.3 is 5.97 Å². The molecule has 0 bridgehead atoms. The molecule has 0 spiro atoms. The Hall–Kier alpha value is -2.11. The molecule has 0 saturated carbocycles. The quantitative estimate of drug-likeness (QED) is 0.825. The zero-order valence-electron chi connectivity index (χ0n) is 10.9. The first-order chi connectivity index (χ1) is 10.0. The average molecular weight is 322 g/mol. The number of thiophene rings is 1. The molecule has 108 valence electrons. The number of nitrogens with one attached hydrogen (secondary N) is 1. The van der Waals surface area contributed by atoms with Crippen LogP contribution in [0.25, 0.3) is 6.08 Å². The molecular weight excluding hydrogens is 310 g/mol. The first kappa shape index (κ1) is 15.3. The molecule has 21 heavy (non-hydrogen) atoms. The van der Waals surface area contributed by atoms with Crippen LogP contribution in [0.2, 0.25) is 4.34 Å². The summed E-state index contributed by atoms with van der Waals surface area (Å²) in [4.78, 5) is 23.2. The number of anilines is 1. The molecule has 0 fully saturated rings. The number of halogens is 1. The Labute approximate surface area is 130 Å². The summed E-state index contributed by atoms with van der Waals surface area (Å²) in [5.41, 5.74) is 1.30. The number of carboxylic acid groups (broad SMARTS) is 1. The van der Waals surface area contributed by atoms with Gasteiger partial charge in [-0.15, -0.1) is 11.3 Å². The molecule has 0 aliphatic carbocycles. The lowest BCUT2D eigenvalue weighted by Gasteiger charge is -2.03. The molecule has 1 heterocycles. The molecule has 1 aromatic heterocycles. The Balaban J connectivity index is 1.93. The van der Waals surface area contributed by atoms with Crippen molar-refractivity contribution >= 4 is 46.6 Å². The van der Waals surface area contributed by atoms with Gasteiger partial charge in [0.05, 0.1) is 10.8 Å². The molecule has 0 saturated heterocycles. The van der Waals surface area contributed by atoms with Crippen LogP contribution < -0.4 is 5.32 Å². The van der Waals surface area contributed by atoms with Gasteiger partial charge < -0.3 is 10.4 Å². The topological polar surface area (TPSA) is 66.4 Å². The number of hydrogen-bond acceptors (Lipinski definition) is 3. The third kappa shape index (κ3) is 5.06. The highest BCUT2D eigenvalue weighted by atomic mass is 35.5. The minimum atomic E-state index is -0.885. The van der Waals surface area contributed by atoms with Gasteiger partial charge in [-0.1, -0.05) is 23.7 Å². The highest BCUT2D eigenvalue weighted by Gasteiger charge is 2.02. The van der Waals surface area contributed by atoms with Gasteiger partial charge in [0.1, 0.15) is 0 Å². The van der Waals surface area contributed by atoms with E-state index in [9.17, 15) is 9.59 Å². The third-order valence-electron chi connectivity index (χ3n) is 2.57. The summed E-state index contributed by atoms with van der Waals surface area (Å²) in [5.74, 6) is -1.14. The van der Waals surface area contributed by atoms with Crippen LogP contribution in [0.15, 0.2) is 42.5 Å². The van der Waals surface area contributed by atoms with Crippen LogP contribution in [0.5, 0.6) is 0 Å². The summed E-state index contributed by atoms with van der Waals surface area (Å²) < 4.78 is 0.670.